The van der Waals surface area contributed by atoms with E-state index in [1.54, 1.807) is 13.1 Å². The van der Waals surface area contributed by atoms with E-state index in [0.29, 0.717) is 6.54 Å². The number of hydrogen-bond donors (Lipinski definition) is 2. The maximum absolute atomic E-state index is 10.8. The Labute approximate surface area is 99.8 Å². The highest BCUT2D eigenvalue weighted by Gasteiger charge is 2.20. The fourth-order valence-electron chi connectivity index (χ4n) is 1.21. The largest absolute Gasteiger partial charge is 0.396 e. The highest BCUT2D eigenvalue weighted by molar-refractivity contribution is 5.56. The molecule has 0 aliphatic heterocycles. The Morgan fingerprint density at radius 2 is 2.24 bits per heavy atom. The van der Waals surface area contributed by atoms with Crippen molar-refractivity contribution in [2.45, 2.75) is 20.8 Å². The molecular weight excluding hydrogens is 222 g/mol. The van der Waals surface area contributed by atoms with Gasteiger partial charge in [-0.1, -0.05) is 13.8 Å². The summed E-state index contributed by atoms with van der Waals surface area (Å²) >= 11 is 0. The Morgan fingerprint density at radius 3 is 2.76 bits per heavy atom. The number of aryl methyl sites for hydroxylation is 1. The molecule has 1 aromatic rings. The molecule has 94 valence electrons. The topological polar surface area (TPSA) is 88.3 Å². The number of pyridine rings is 1. The van der Waals surface area contributed by atoms with Crippen molar-refractivity contribution in [3.63, 3.8) is 0 Å². The molecular formula is C11H17N3O3. The smallest absolute Gasteiger partial charge is 0.311 e. The molecule has 1 rings (SSSR count). The van der Waals surface area contributed by atoms with Crippen molar-refractivity contribution >= 4 is 11.5 Å². The van der Waals surface area contributed by atoms with E-state index in [9.17, 15) is 10.1 Å². The van der Waals surface area contributed by atoms with Gasteiger partial charge in [-0.3, -0.25) is 10.1 Å². The molecule has 1 aromatic heterocycles. The number of nitro groups is 1. The van der Waals surface area contributed by atoms with Crippen LogP contribution in [-0.2, 0) is 0 Å². The zero-order valence-electron chi connectivity index (χ0n) is 10.2. The summed E-state index contributed by atoms with van der Waals surface area (Å²) in [4.78, 5) is 14.4. The molecule has 17 heavy (non-hydrogen) atoms. The third-order valence-corrected chi connectivity index (χ3v) is 2.36. The summed E-state index contributed by atoms with van der Waals surface area (Å²) in [6.07, 6.45) is 1.57. The van der Waals surface area contributed by atoms with Gasteiger partial charge in [0.05, 0.1) is 4.92 Å². The first-order valence-electron chi connectivity index (χ1n) is 5.31. The number of anilines is 1. The molecule has 6 nitrogen and oxygen atoms in total. The van der Waals surface area contributed by atoms with E-state index in [4.69, 9.17) is 5.11 Å². The first kappa shape index (κ1) is 13.4. The summed E-state index contributed by atoms with van der Waals surface area (Å²) in [5, 5.41) is 22.8. The maximum atomic E-state index is 10.8. The maximum Gasteiger partial charge on any atom is 0.311 e. The van der Waals surface area contributed by atoms with Crippen molar-refractivity contribution in [3.8, 4) is 0 Å². The van der Waals surface area contributed by atoms with Gasteiger partial charge in [-0.25, -0.2) is 4.98 Å². The number of hydrogen-bond acceptors (Lipinski definition) is 5. The first-order valence-corrected chi connectivity index (χ1v) is 5.31. The van der Waals surface area contributed by atoms with E-state index in [1.807, 2.05) is 13.8 Å². The minimum atomic E-state index is -0.464. The van der Waals surface area contributed by atoms with E-state index in [1.165, 1.54) is 6.07 Å². The monoisotopic (exact) mass is 239 g/mol. The number of nitrogens with zero attached hydrogens (tertiary/aromatic N) is 2. The fourth-order valence-corrected chi connectivity index (χ4v) is 1.21. The summed E-state index contributed by atoms with van der Waals surface area (Å²) < 4.78 is 0. The lowest BCUT2D eigenvalue weighted by Gasteiger charge is -2.22. The van der Waals surface area contributed by atoms with E-state index in [0.717, 1.165) is 5.56 Å². The molecule has 0 amide bonds. The second kappa shape index (κ2) is 5.09. The Morgan fingerprint density at radius 1 is 1.59 bits per heavy atom. The zero-order chi connectivity index (χ0) is 13.1. The van der Waals surface area contributed by atoms with Crippen LogP contribution in [0.2, 0.25) is 0 Å². The van der Waals surface area contributed by atoms with Crippen LogP contribution in [0.5, 0.6) is 0 Å². The molecule has 0 radical (unpaired) electrons. The SMILES string of the molecule is Cc1cnc(NCC(C)(C)CO)c([N+](=O)[O-])c1. The van der Waals surface area contributed by atoms with Crippen LogP contribution in [0.1, 0.15) is 19.4 Å². The Balaban J connectivity index is 2.88. The molecule has 6 heteroatoms. The van der Waals surface area contributed by atoms with Crippen LogP contribution in [0.3, 0.4) is 0 Å². The van der Waals surface area contributed by atoms with E-state index < -0.39 is 4.92 Å². The van der Waals surface area contributed by atoms with Gasteiger partial charge in [-0.15, -0.1) is 0 Å². The molecule has 2 N–H and O–H groups in total. The molecule has 0 atom stereocenters. The van der Waals surface area contributed by atoms with Gasteiger partial charge in [0.1, 0.15) is 0 Å². The van der Waals surface area contributed by atoms with Crippen molar-refractivity contribution in [1.82, 2.24) is 4.98 Å². The fraction of sp³-hybridized carbons (Fsp3) is 0.545. The molecule has 0 aliphatic carbocycles. The van der Waals surface area contributed by atoms with Gasteiger partial charge in [0.25, 0.3) is 0 Å². The number of nitrogens with one attached hydrogen (secondary N) is 1. The van der Waals surface area contributed by atoms with Crippen LogP contribution in [0, 0.1) is 22.5 Å². The van der Waals surface area contributed by atoms with Crippen LogP contribution >= 0.6 is 0 Å². The molecule has 0 spiro atoms. The summed E-state index contributed by atoms with van der Waals surface area (Å²) in [7, 11) is 0. The molecule has 0 unspecified atom stereocenters. The van der Waals surface area contributed by atoms with Crippen LogP contribution in [0.15, 0.2) is 12.3 Å². The number of rotatable bonds is 5. The molecule has 0 bridgehead atoms. The van der Waals surface area contributed by atoms with E-state index >= 15 is 0 Å². The second-order valence-electron chi connectivity index (χ2n) is 4.81. The van der Waals surface area contributed by atoms with Gasteiger partial charge in [-0.05, 0) is 12.5 Å². The number of aliphatic hydroxyl groups is 1. The van der Waals surface area contributed by atoms with Crippen LogP contribution in [0.4, 0.5) is 11.5 Å². The average molecular weight is 239 g/mol. The van der Waals surface area contributed by atoms with Crippen molar-refractivity contribution in [1.29, 1.82) is 0 Å². The van der Waals surface area contributed by atoms with Crippen molar-refractivity contribution in [2.24, 2.45) is 5.41 Å². The lowest BCUT2D eigenvalue weighted by molar-refractivity contribution is -0.384. The van der Waals surface area contributed by atoms with Gasteiger partial charge in [0.15, 0.2) is 0 Å². The minimum absolute atomic E-state index is 0.000338. The van der Waals surface area contributed by atoms with Gasteiger partial charge in [0, 0.05) is 30.8 Å². The normalized spacial score (nSPS) is 11.3. The lowest BCUT2D eigenvalue weighted by Crippen LogP contribution is -2.27. The summed E-state index contributed by atoms with van der Waals surface area (Å²) in [5.41, 5.74) is 0.350. The van der Waals surface area contributed by atoms with Crippen molar-refractivity contribution in [3.05, 3.63) is 27.9 Å². The van der Waals surface area contributed by atoms with Gasteiger partial charge >= 0.3 is 5.69 Å². The van der Waals surface area contributed by atoms with Gasteiger partial charge in [0.2, 0.25) is 5.82 Å². The van der Waals surface area contributed by atoms with Crippen molar-refractivity contribution in [2.75, 3.05) is 18.5 Å². The second-order valence-corrected chi connectivity index (χ2v) is 4.81. The number of aromatic nitrogens is 1. The molecule has 0 fully saturated rings. The summed E-state index contributed by atoms with van der Waals surface area (Å²) in [6, 6.07) is 1.47. The zero-order valence-corrected chi connectivity index (χ0v) is 10.2. The Bertz CT molecular complexity index is 418. The summed E-state index contributed by atoms with van der Waals surface area (Å²) in [5.74, 6) is 0.238. The minimum Gasteiger partial charge on any atom is -0.396 e. The number of aliphatic hydroxyl groups excluding tert-OH is 1. The molecule has 1 heterocycles. The third kappa shape index (κ3) is 3.67. The lowest BCUT2D eigenvalue weighted by atomic mass is 9.95. The van der Waals surface area contributed by atoms with Crippen molar-refractivity contribution < 1.29 is 10.0 Å². The molecule has 0 saturated heterocycles. The molecule has 0 saturated carbocycles. The van der Waals surface area contributed by atoms with Crippen LogP contribution in [-0.4, -0.2) is 28.2 Å². The van der Waals surface area contributed by atoms with Crippen LogP contribution < -0.4 is 5.32 Å². The van der Waals surface area contributed by atoms with Gasteiger partial charge < -0.3 is 10.4 Å². The Hall–Kier alpha value is -1.69. The molecule has 0 aromatic carbocycles. The standard InChI is InChI=1S/C11H17N3O3/c1-8-4-9(14(16)17)10(12-5-8)13-6-11(2,3)7-15/h4-5,15H,6-7H2,1-3H3,(H,12,13). The van der Waals surface area contributed by atoms with Crippen LogP contribution in [0.25, 0.3) is 0 Å². The predicted molar refractivity (Wildman–Crippen MR) is 65.0 cm³/mol. The average Bonchev–Trinajstić information content (AvgIpc) is 2.27. The molecule has 0 aliphatic rings. The highest BCUT2D eigenvalue weighted by atomic mass is 16.6. The third-order valence-electron chi connectivity index (χ3n) is 2.36. The summed E-state index contributed by atoms with van der Waals surface area (Å²) in [6.45, 7) is 5.89. The van der Waals surface area contributed by atoms with E-state index in [2.05, 4.69) is 10.3 Å². The van der Waals surface area contributed by atoms with E-state index in [-0.39, 0.29) is 23.5 Å². The van der Waals surface area contributed by atoms with Gasteiger partial charge in [-0.2, -0.15) is 0 Å². The predicted octanol–water partition coefficient (Wildman–Crippen LogP) is 1.73. The Kier molecular flexibility index (Phi) is 4.01. The quantitative estimate of drug-likeness (QED) is 0.603. The highest BCUT2D eigenvalue weighted by Crippen LogP contribution is 2.24. The first-order chi connectivity index (χ1) is 7.85.